The van der Waals surface area contributed by atoms with Gasteiger partial charge in [-0.3, -0.25) is 9.69 Å². The van der Waals surface area contributed by atoms with E-state index in [-0.39, 0.29) is 17.8 Å². The fourth-order valence-electron chi connectivity index (χ4n) is 3.54. The van der Waals surface area contributed by atoms with Crippen molar-refractivity contribution in [3.8, 4) is 0 Å². The van der Waals surface area contributed by atoms with Gasteiger partial charge in [0, 0.05) is 12.6 Å². The molecular weight excluding hydrogens is 292 g/mol. The van der Waals surface area contributed by atoms with Gasteiger partial charge in [-0.25, -0.2) is 0 Å². The minimum Gasteiger partial charge on any atom is -0.346 e. The van der Waals surface area contributed by atoms with E-state index in [9.17, 15) is 4.79 Å². The van der Waals surface area contributed by atoms with Crippen molar-refractivity contribution in [2.24, 2.45) is 0 Å². The number of nitrogens with one attached hydrogen (secondary N) is 1. The van der Waals surface area contributed by atoms with Crippen LogP contribution in [0.4, 0.5) is 0 Å². The Morgan fingerprint density at radius 1 is 1.30 bits per heavy atom. The predicted octanol–water partition coefficient (Wildman–Crippen LogP) is 2.60. The molecule has 23 heavy (non-hydrogen) atoms. The van der Waals surface area contributed by atoms with Crippen LogP contribution in [-0.4, -0.2) is 40.1 Å². The molecule has 4 rings (SSSR count). The van der Waals surface area contributed by atoms with Crippen LogP contribution >= 0.6 is 0 Å². The maximum Gasteiger partial charge on any atom is 0.292 e. The van der Waals surface area contributed by atoms with E-state index >= 15 is 0 Å². The molecule has 0 radical (unpaired) electrons. The number of hydrogen-bond acceptors (Lipinski definition) is 5. The van der Waals surface area contributed by atoms with Gasteiger partial charge in [0.05, 0.1) is 6.04 Å². The second-order valence-electron chi connectivity index (χ2n) is 6.94. The highest BCUT2D eigenvalue weighted by Crippen LogP contribution is 2.32. The lowest BCUT2D eigenvalue weighted by Gasteiger charge is -2.24. The van der Waals surface area contributed by atoms with Crippen molar-refractivity contribution in [2.75, 3.05) is 13.1 Å². The molecular formula is C17H24N4O2. The van der Waals surface area contributed by atoms with Crippen molar-refractivity contribution in [2.45, 2.75) is 63.5 Å². The monoisotopic (exact) mass is 316 g/mol. The molecule has 1 saturated heterocycles. The Balaban J connectivity index is 1.42. The fourth-order valence-corrected chi connectivity index (χ4v) is 3.54. The first kappa shape index (κ1) is 14.9. The second-order valence-corrected chi connectivity index (χ2v) is 6.94. The summed E-state index contributed by atoms with van der Waals surface area (Å²) in [4.78, 5) is 18.8. The van der Waals surface area contributed by atoms with Gasteiger partial charge < -0.3 is 9.84 Å². The van der Waals surface area contributed by atoms with Crippen LogP contribution < -0.4 is 5.32 Å². The molecule has 3 aliphatic rings. The molecule has 124 valence electrons. The Hall–Kier alpha value is -1.69. The third kappa shape index (κ3) is 3.47. The molecule has 1 atom stereocenters. The standard InChI is InChI=1S/C17H24N4O2/c22-16(18-13-8-9-13)15-19-17(23-20-15)14-7-4-10-21(14)11-12-5-2-1-3-6-12/h5,13-14H,1-4,6-11H2,(H,18,22)/t14-/m1/s1. The van der Waals surface area contributed by atoms with Crippen molar-refractivity contribution >= 4 is 5.91 Å². The first-order chi connectivity index (χ1) is 11.3. The fraction of sp³-hybridized carbons (Fsp3) is 0.706. The summed E-state index contributed by atoms with van der Waals surface area (Å²) < 4.78 is 5.41. The Kier molecular flexibility index (Phi) is 4.16. The average Bonchev–Trinajstić information content (AvgIpc) is 3.07. The van der Waals surface area contributed by atoms with Crippen molar-refractivity contribution < 1.29 is 9.32 Å². The summed E-state index contributed by atoms with van der Waals surface area (Å²) in [5, 5.41) is 6.79. The molecule has 1 amide bonds. The van der Waals surface area contributed by atoms with Crippen molar-refractivity contribution in [1.82, 2.24) is 20.4 Å². The summed E-state index contributed by atoms with van der Waals surface area (Å²) in [6.45, 7) is 2.06. The van der Waals surface area contributed by atoms with Crippen molar-refractivity contribution in [1.29, 1.82) is 0 Å². The maximum atomic E-state index is 12.0. The van der Waals surface area contributed by atoms with Crippen LogP contribution in [0.5, 0.6) is 0 Å². The topological polar surface area (TPSA) is 71.3 Å². The molecule has 0 unspecified atom stereocenters. The first-order valence-electron chi connectivity index (χ1n) is 8.86. The number of hydrogen-bond donors (Lipinski definition) is 1. The summed E-state index contributed by atoms with van der Waals surface area (Å²) in [7, 11) is 0. The Bertz CT molecular complexity index is 605. The van der Waals surface area contributed by atoms with E-state index in [0.29, 0.717) is 11.9 Å². The van der Waals surface area contributed by atoms with Gasteiger partial charge >= 0.3 is 0 Å². The molecule has 2 heterocycles. The summed E-state index contributed by atoms with van der Waals surface area (Å²) in [6, 6.07) is 0.471. The molecule has 1 saturated carbocycles. The molecule has 2 aliphatic carbocycles. The average molecular weight is 316 g/mol. The summed E-state index contributed by atoms with van der Waals surface area (Å²) in [6.07, 6.45) is 11.7. The van der Waals surface area contributed by atoms with Crippen LogP contribution in [0.15, 0.2) is 16.2 Å². The molecule has 6 nitrogen and oxygen atoms in total. The lowest BCUT2D eigenvalue weighted by Crippen LogP contribution is -2.27. The largest absolute Gasteiger partial charge is 0.346 e. The zero-order chi connectivity index (χ0) is 15.6. The molecule has 2 fully saturated rings. The number of amides is 1. The highest BCUT2D eigenvalue weighted by atomic mass is 16.5. The lowest BCUT2D eigenvalue weighted by molar-refractivity contribution is 0.0937. The van der Waals surface area contributed by atoms with E-state index in [1.807, 2.05) is 0 Å². The minimum absolute atomic E-state index is 0.160. The number of aromatic nitrogens is 2. The Morgan fingerprint density at radius 3 is 3.00 bits per heavy atom. The number of carbonyl (C=O) groups excluding carboxylic acids is 1. The molecule has 1 aliphatic heterocycles. The van der Waals surface area contributed by atoms with E-state index < -0.39 is 0 Å². The Labute approximate surface area is 136 Å². The van der Waals surface area contributed by atoms with E-state index in [0.717, 1.165) is 38.8 Å². The zero-order valence-electron chi connectivity index (χ0n) is 13.5. The highest BCUT2D eigenvalue weighted by molar-refractivity contribution is 5.90. The van der Waals surface area contributed by atoms with Gasteiger partial charge in [0.2, 0.25) is 5.89 Å². The van der Waals surface area contributed by atoms with Crippen LogP contribution in [0.2, 0.25) is 0 Å². The maximum absolute atomic E-state index is 12.0. The van der Waals surface area contributed by atoms with E-state index in [4.69, 9.17) is 4.52 Å². The molecule has 0 aromatic carbocycles. The van der Waals surface area contributed by atoms with E-state index in [1.54, 1.807) is 0 Å². The van der Waals surface area contributed by atoms with Gasteiger partial charge in [-0.05, 0) is 57.9 Å². The second kappa shape index (κ2) is 6.43. The molecule has 1 N–H and O–H groups in total. The number of rotatable bonds is 5. The van der Waals surface area contributed by atoms with E-state index in [2.05, 4.69) is 26.4 Å². The van der Waals surface area contributed by atoms with Crippen LogP contribution in [0.1, 0.15) is 73.9 Å². The number of allylic oxidation sites excluding steroid dienone is 1. The van der Waals surface area contributed by atoms with Crippen LogP contribution in [0.25, 0.3) is 0 Å². The van der Waals surface area contributed by atoms with Gasteiger partial charge in [-0.15, -0.1) is 0 Å². The molecule has 1 aromatic heterocycles. The third-order valence-electron chi connectivity index (χ3n) is 5.00. The predicted molar refractivity (Wildman–Crippen MR) is 84.9 cm³/mol. The van der Waals surface area contributed by atoms with Gasteiger partial charge in [-0.2, -0.15) is 4.98 Å². The van der Waals surface area contributed by atoms with E-state index in [1.165, 1.54) is 31.3 Å². The normalized spacial score (nSPS) is 25.4. The van der Waals surface area contributed by atoms with Crippen LogP contribution in [0.3, 0.4) is 0 Å². The number of carbonyl (C=O) groups is 1. The molecule has 6 heteroatoms. The zero-order valence-corrected chi connectivity index (χ0v) is 13.5. The molecule has 0 bridgehead atoms. The van der Waals surface area contributed by atoms with Gasteiger partial charge in [0.25, 0.3) is 11.7 Å². The quantitative estimate of drug-likeness (QED) is 0.846. The smallest absolute Gasteiger partial charge is 0.292 e. The lowest BCUT2D eigenvalue weighted by atomic mass is 9.99. The summed E-state index contributed by atoms with van der Waals surface area (Å²) >= 11 is 0. The molecule has 0 spiro atoms. The third-order valence-corrected chi connectivity index (χ3v) is 5.00. The van der Waals surface area contributed by atoms with Crippen molar-refractivity contribution in [3.05, 3.63) is 23.4 Å². The number of likely N-dealkylation sites (tertiary alicyclic amines) is 1. The highest BCUT2D eigenvalue weighted by Gasteiger charge is 2.32. The minimum atomic E-state index is -0.206. The van der Waals surface area contributed by atoms with Crippen LogP contribution in [0, 0.1) is 0 Å². The Morgan fingerprint density at radius 2 is 2.22 bits per heavy atom. The summed E-state index contributed by atoms with van der Waals surface area (Å²) in [5.74, 6) is 0.567. The first-order valence-corrected chi connectivity index (χ1v) is 8.86. The van der Waals surface area contributed by atoms with Crippen LogP contribution in [-0.2, 0) is 0 Å². The van der Waals surface area contributed by atoms with Crippen molar-refractivity contribution in [3.63, 3.8) is 0 Å². The molecule has 1 aromatic rings. The van der Waals surface area contributed by atoms with Gasteiger partial charge in [0.15, 0.2) is 0 Å². The SMILES string of the molecule is O=C(NC1CC1)c1noc([C@H]2CCCN2CC2=CCCCC2)n1. The van der Waals surface area contributed by atoms with Gasteiger partial charge in [-0.1, -0.05) is 16.8 Å². The summed E-state index contributed by atoms with van der Waals surface area (Å²) in [5.41, 5.74) is 1.54. The number of nitrogens with zero attached hydrogens (tertiary/aromatic N) is 3. The van der Waals surface area contributed by atoms with Gasteiger partial charge in [0.1, 0.15) is 0 Å².